The van der Waals surface area contributed by atoms with Gasteiger partial charge < -0.3 is 14.3 Å². The van der Waals surface area contributed by atoms with Crippen LogP contribution in [0.15, 0.2) is 64.6 Å². The van der Waals surface area contributed by atoms with E-state index >= 15 is 0 Å². The first-order valence-corrected chi connectivity index (χ1v) is 11.4. The Morgan fingerprint density at radius 2 is 1.76 bits per heavy atom. The van der Waals surface area contributed by atoms with Crippen LogP contribution in [0.2, 0.25) is 0 Å². The monoisotopic (exact) mass is 459 g/mol. The van der Waals surface area contributed by atoms with E-state index in [0.29, 0.717) is 28.5 Å². The second-order valence-corrected chi connectivity index (χ2v) is 8.78. The van der Waals surface area contributed by atoms with Crippen molar-refractivity contribution in [3.63, 3.8) is 0 Å². The lowest BCUT2D eigenvalue weighted by Crippen LogP contribution is -2.29. The predicted octanol–water partition coefficient (Wildman–Crippen LogP) is 5.87. The summed E-state index contributed by atoms with van der Waals surface area (Å²) in [6, 6.07) is 15.3. The molecule has 2 heterocycles. The minimum Gasteiger partial charge on any atom is -0.507 e. The second-order valence-electron chi connectivity index (χ2n) is 8.78. The second kappa shape index (κ2) is 9.21. The van der Waals surface area contributed by atoms with Crippen LogP contribution in [0, 0.1) is 13.8 Å². The summed E-state index contributed by atoms with van der Waals surface area (Å²) in [4.78, 5) is 27.8. The molecule has 3 aromatic rings. The number of hydrogen-bond donors (Lipinski definition) is 1. The van der Waals surface area contributed by atoms with Crippen molar-refractivity contribution in [1.82, 2.24) is 0 Å². The number of nitrogens with zero attached hydrogens (tertiary/aromatic N) is 1. The fourth-order valence-electron chi connectivity index (χ4n) is 4.20. The fraction of sp³-hybridized carbons (Fsp3) is 0.286. The third kappa shape index (κ3) is 4.23. The van der Waals surface area contributed by atoms with Gasteiger partial charge in [-0.05, 0) is 87.7 Å². The normalized spacial score (nSPS) is 17.6. The summed E-state index contributed by atoms with van der Waals surface area (Å²) < 4.78 is 11.6. The highest BCUT2D eigenvalue weighted by Gasteiger charge is 2.48. The zero-order valence-electron chi connectivity index (χ0n) is 20.1. The number of hydrogen-bond acceptors (Lipinski definition) is 5. The van der Waals surface area contributed by atoms with Crippen molar-refractivity contribution in [2.24, 2.45) is 0 Å². The van der Waals surface area contributed by atoms with Crippen molar-refractivity contribution in [3.8, 4) is 5.75 Å². The Balaban J connectivity index is 1.86. The maximum absolute atomic E-state index is 13.2. The van der Waals surface area contributed by atoms with Gasteiger partial charge in [-0.25, -0.2) is 0 Å². The maximum Gasteiger partial charge on any atom is 0.300 e. The van der Waals surface area contributed by atoms with Crippen LogP contribution in [0.3, 0.4) is 0 Å². The summed E-state index contributed by atoms with van der Waals surface area (Å²) in [6.07, 6.45) is 0.861. The molecule has 34 heavy (non-hydrogen) atoms. The summed E-state index contributed by atoms with van der Waals surface area (Å²) in [5, 5.41) is 11.3. The SMILES string of the molecule is CCc1ccc(N2C(=O)C(=O)/C(=C(\O)c3ccc(OC(C)C)c(C)c3)C2c2ccc(C)o2)cc1. The van der Waals surface area contributed by atoms with Gasteiger partial charge in [-0.2, -0.15) is 0 Å². The van der Waals surface area contributed by atoms with Crippen LogP contribution < -0.4 is 9.64 Å². The Labute approximate surface area is 199 Å². The molecule has 6 heteroatoms. The molecule has 1 amide bonds. The third-order valence-electron chi connectivity index (χ3n) is 5.91. The first-order valence-electron chi connectivity index (χ1n) is 11.4. The number of carbonyl (C=O) groups excluding carboxylic acids is 2. The van der Waals surface area contributed by atoms with E-state index in [9.17, 15) is 14.7 Å². The minimum atomic E-state index is -0.881. The lowest BCUT2D eigenvalue weighted by Gasteiger charge is -2.23. The number of Topliss-reactive ketones (excluding diaryl/α,β-unsaturated/α-hetero) is 1. The van der Waals surface area contributed by atoms with Gasteiger partial charge in [0.2, 0.25) is 0 Å². The van der Waals surface area contributed by atoms with Crippen LogP contribution >= 0.6 is 0 Å². The molecule has 2 aromatic carbocycles. The first kappa shape index (κ1) is 23.4. The number of amides is 1. The maximum atomic E-state index is 13.2. The van der Waals surface area contributed by atoms with E-state index in [1.807, 2.05) is 52.0 Å². The molecule has 0 spiro atoms. The number of ether oxygens (including phenoxy) is 1. The highest BCUT2D eigenvalue weighted by molar-refractivity contribution is 6.51. The predicted molar refractivity (Wildman–Crippen MR) is 131 cm³/mol. The molecule has 1 saturated heterocycles. The highest BCUT2D eigenvalue weighted by Crippen LogP contribution is 2.43. The van der Waals surface area contributed by atoms with Crippen LogP contribution in [0.25, 0.3) is 5.76 Å². The molecule has 1 aliphatic rings. The van der Waals surface area contributed by atoms with Gasteiger partial charge in [0, 0.05) is 11.3 Å². The average molecular weight is 460 g/mol. The quantitative estimate of drug-likeness (QED) is 0.283. The molecule has 1 N–H and O–H groups in total. The first-order chi connectivity index (χ1) is 16.2. The average Bonchev–Trinajstić information content (AvgIpc) is 3.35. The standard InChI is InChI=1S/C28H29NO5/c1-6-19-8-11-21(12-9-19)29-25(23-13-7-18(5)34-23)24(27(31)28(29)32)26(30)20-10-14-22(17(4)15-20)33-16(2)3/h7-16,25,30H,6H2,1-5H3/b26-24-. The van der Waals surface area contributed by atoms with E-state index in [0.717, 1.165) is 17.5 Å². The summed E-state index contributed by atoms with van der Waals surface area (Å²) in [5.74, 6) is 0.0466. The van der Waals surface area contributed by atoms with Crippen LogP contribution in [0.5, 0.6) is 5.75 Å². The summed E-state index contributed by atoms with van der Waals surface area (Å²) >= 11 is 0. The summed E-state index contributed by atoms with van der Waals surface area (Å²) in [7, 11) is 0. The molecule has 1 atom stereocenters. The number of furan rings is 1. The summed E-state index contributed by atoms with van der Waals surface area (Å²) in [5.41, 5.74) is 2.92. The number of ketones is 1. The molecule has 1 aliphatic heterocycles. The van der Waals surface area contributed by atoms with Gasteiger partial charge in [0.1, 0.15) is 29.1 Å². The Morgan fingerprint density at radius 1 is 1.06 bits per heavy atom. The zero-order chi connectivity index (χ0) is 24.6. The minimum absolute atomic E-state index is 0.00385. The van der Waals surface area contributed by atoms with Crippen LogP contribution in [-0.2, 0) is 16.0 Å². The third-order valence-corrected chi connectivity index (χ3v) is 5.91. The van der Waals surface area contributed by atoms with E-state index in [-0.39, 0.29) is 17.4 Å². The Morgan fingerprint density at radius 3 is 2.32 bits per heavy atom. The molecule has 1 unspecified atom stereocenters. The molecule has 0 saturated carbocycles. The number of rotatable bonds is 6. The van der Waals surface area contributed by atoms with Gasteiger partial charge in [-0.15, -0.1) is 0 Å². The van der Waals surface area contributed by atoms with E-state index in [2.05, 4.69) is 0 Å². The molecule has 176 valence electrons. The number of aliphatic hydroxyl groups is 1. The Bertz CT molecular complexity index is 1270. The Kier molecular flexibility index (Phi) is 6.33. The van der Waals surface area contributed by atoms with Crippen LogP contribution in [-0.4, -0.2) is 22.9 Å². The van der Waals surface area contributed by atoms with Crippen molar-refractivity contribution in [3.05, 3.63) is 88.4 Å². The van der Waals surface area contributed by atoms with Gasteiger partial charge in [-0.3, -0.25) is 14.5 Å². The summed E-state index contributed by atoms with van der Waals surface area (Å²) in [6.45, 7) is 9.59. The van der Waals surface area contributed by atoms with Crippen molar-refractivity contribution < 1.29 is 23.8 Å². The van der Waals surface area contributed by atoms with E-state index in [4.69, 9.17) is 9.15 Å². The zero-order valence-corrected chi connectivity index (χ0v) is 20.1. The van der Waals surface area contributed by atoms with E-state index < -0.39 is 17.7 Å². The molecule has 1 aromatic heterocycles. The number of aliphatic hydroxyl groups excluding tert-OH is 1. The molecular weight excluding hydrogens is 430 g/mol. The number of carbonyl (C=O) groups is 2. The molecule has 0 radical (unpaired) electrons. The van der Waals surface area contributed by atoms with E-state index in [1.54, 1.807) is 37.3 Å². The molecule has 0 bridgehead atoms. The molecule has 1 fully saturated rings. The van der Waals surface area contributed by atoms with Gasteiger partial charge in [0.15, 0.2) is 0 Å². The lowest BCUT2D eigenvalue weighted by molar-refractivity contribution is -0.132. The van der Waals surface area contributed by atoms with Crippen molar-refractivity contribution >= 4 is 23.1 Å². The van der Waals surface area contributed by atoms with E-state index in [1.165, 1.54) is 4.90 Å². The van der Waals surface area contributed by atoms with Crippen molar-refractivity contribution in [2.45, 2.75) is 53.2 Å². The number of aryl methyl sites for hydroxylation is 3. The molecule has 6 nitrogen and oxygen atoms in total. The van der Waals surface area contributed by atoms with Gasteiger partial charge in [-0.1, -0.05) is 19.1 Å². The fourth-order valence-corrected chi connectivity index (χ4v) is 4.20. The Hall–Kier alpha value is -3.80. The van der Waals surface area contributed by atoms with Crippen LogP contribution in [0.4, 0.5) is 5.69 Å². The highest BCUT2D eigenvalue weighted by atomic mass is 16.5. The number of anilines is 1. The molecule has 4 rings (SSSR count). The van der Waals surface area contributed by atoms with Crippen molar-refractivity contribution in [1.29, 1.82) is 0 Å². The van der Waals surface area contributed by atoms with Gasteiger partial charge >= 0.3 is 0 Å². The van der Waals surface area contributed by atoms with Crippen LogP contribution in [0.1, 0.15) is 55.0 Å². The molecule has 0 aliphatic carbocycles. The largest absolute Gasteiger partial charge is 0.507 e. The topological polar surface area (TPSA) is 80.0 Å². The smallest absolute Gasteiger partial charge is 0.300 e. The lowest BCUT2D eigenvalue weighted by atomic mass is 9.98. The van der Waals surface area contributed by atoms with Gasteiger partial charge in [0.25, 0.3) is 11.7 Å². The number of benzene rings is 2. The van der Waals surface area contributed by atoms with Crippen molar-refractivity contribution in [2.75, 3.05) is 4.90 Å². The molecular formula is C28H29NO5. The van der Waals surface area contributed by atoms with Gasteiger partial charge in [0.05, 0.1) is 11.7 Å².